The molecule has 2 heterocycles. The first-order valence-corrected chi connectivity index (χ1v) is 10.1. The molecule has 29 heavy (non-hydrogen) atoms. The summed E-state index contributed by atoms with van der Waals surface area (Å²) in [5.74, 6) is 0.710. The molecule has 0 spiro atoms. The van der Waals surface area contributed by atoms with Crippen LogP contribution in [0.4, 0.5) is 5.69 Å². The number of amides is 1. The van der Waals surface area contributed by atoms with E-state index in [-0.39, 0.29) is 18.1 Å². The van der Waals surface area contributed by atoms with E-state index < -0.39 is 0 Å². The van der Waals surface area contributed by atoms with Crippen molar-refractivity contribution in [3.63, 3.8) is 0 Å². The van der Waals surface area contributed by atoms with Crippen molar-refractivity contribution in [2.24, 2.45) is 5.92 Å². The number of piperazine rings is 1. The standard InChI is InChI=1S/C20H32N4O2.CH2O2/c1-21(2)18-8-7-16(14-22(3)15-18)20(26)24-11-9-23(10-12-24)17-5-4-6-19(25)13-17;2-1-3/h4-6,13,16,18,25H,7-12,14-15H2,1-3H3;1H,(H,2,3)/t16-,18+;/m1./s1. The van der Waals surface area contributed by atoms with Crippen LogP contribution in [-0.2, 0) is 9.59 Å². The largest absolute Gasteiger partial charge is 0.508 e. The number of hydrogen-bond donors (Lipinski definition) is 2. The van der Waals surface area contributed by atoms with Crippen LogP contribution >= 0.6 is 0 Å². The van der Waals surface area contributed by atoms with E-state index in [9.17, 15) is 9.90 Å². The highest BCUT2D eigenvalue weighted by Crippen LogP contribution is 2.24. The van der Waals surface area contributed by atoms with Crippen LogP contribution in [0.5, 0.6) is 5.75 Å². The molecule has 1 aromatic rings. The molecule has 0 aromatic heterocycles. The first-order chi connectivity index (χ1) is 13.8. The number of benzene rings is 1. The topological polar surface area (TPSA) is 87.6 Å². The molecule has 2 atom stereocenters. The van der Waals surface area contributed by atoms with Gasteiger partial charge in [0, 0.05) is 57.1 Å². The Bertz CT molecular complexity index is 662. The van der Waals surface area contributed by atoms with Crippen molar-refractivity contribution in [1.29, 1.82) is 0 Å². The number of likely N-dealkylation sites (N-methyl/N-ethyl adjacent to an activating group) is 2. The summed E-state index contributed by atoms with van der Waals surface area (Å²) in [5.41, 5.74) is 1.03. The van der Waals surface area contributed by atoms with E-state index in [1.54, 1.807) is 12.1 Å². The van der Waals surface area contributed by atoms with E-state index in [1.807, 2.05) is 17.0 Å². The summed E-state index contributed by atoms with van der Waals surface area (Å²) in [6, 6.07) is 7.88. The van der Waals surface area contributed by atoms with Gasteiger partial charge in [-0.2, -0.15) is 0 Å². The van der Waals surface area contributed by atoms with Crippen LogP contribution in [0, 0.1) is 5.92 Å². The molecule has 2 aliphatic rings. The van der Waals surface area contributed by atoms with Crippen LogP contribution in [0.1, 0.15) is 12.8 Å². The van der Waals surface area contributed by atoms with E-state index in [2.05, 4.69) is 35.8 Å². The fourth-order valence-corrected chi connectivity index (χ4v) is 4.14. The number of phenolic OH excluding ortho intramolecular Hbond substituents is 1. The molecule has 2 N–H and O–H groups in total. The molecule has 162 valence electrons. The number of nitrogens with zero attached hydrogens (tertiary/aromatic N) is 4. The van der Waals surface area contributed by atoms with Crippen molar-refractivity contribution in [2.45, 2.75) is 18.9 Å². The van der Waals surface area contributed by atoms with E-state index in [0.717, 1.165) is 57.8 Å². The zero-order valence-corrected chi connectivity index (χ0v) is 17.7. The predicted octanol–water partition coefficient (Wildman–Crippen LogP) is 1.01. The molecule has 2 saturated heterocycles. The minimum absolute atomic E-state index is 0.109. The highest BCUT2D eigenvalue weighted by atomic mass is 16.3. The lowest BCUT2D eigenvalue weighted by Gasteiger charge is -2.37. The van der Waals surface area contributed by atoms with Gasteiger partial charge >= 0.3 is 0 Å². The molecule has 2 aliphatic heterocycles. The summed E-state index contributed by atoms with van der Waals surface area (Å²) < 4.78 is 0. The first kappa shape index (κ1) is 23.0. The molecule has 0 bridgehead atoms. The van der Waals surface area contributed by atoms with Crippen molar-refractivity contribution >= 4 is 18.1 Å². The van der Waals surface area contributed by atoms with Gasteiger partial charge in [-0.15, -0.1) is 0 Å². The molecule has 1 amide bonds. The Balaban J connectivity index is 0.000000941. The van der Waals surface area contributed by atoms with Gasteiger partial charge in [0.15, 0.2) is 0 Å². The van der Waals surface area contributed by atoms with Gasteiger partial charge in [-0.25, -0.2) is 0 Å². The summed E-state index contributed by atoms with van der Waals surface area (Å²) in [6.45, 7) is 4.78. The van der Waals surface area contributed by atoms with Crippen molar-refractivity contribution in [3.05, 3.63) is 24.3 Å². The van der Waals surface area contributed by atoms with Crippen molar-refractivity contribution in [3.8, 4) is 5.75 Å². The van der Waals surface area contributed by atoms with Gasteiger partial charge in [-0.1, -0.05) is 6.07 Å². The third-order valence-electron chi connectivity index (χ3n) is 5.77. The lowest BCUT2D eigenvalue weighted by atomic mass is 9.99. The Hall–Kier alpha value is -2.32. The minimum atomic E-state index is -0.250. The van der Waals surface area contributed by atoms with Crippen molar-refractivity contribution < 1.29 is 19.8 Å². The number of carbonyl (C=O) groups excluding carboxylic acids is 1. The normalized spacial score (nSPS) is 23.2. The Kier molecular flexibility index (Phi) is 8.72. The average Bonchev–Trinajstić information content (AvgIpc) is 2.90. The van der Waals surface area contributed by atoms with Gasteiger partial charge in [-0.3, -0.25) is 9.59 Å². The highest BCUT2D eigenvalue weighted by molar-refractivity contribution is 5.79. The van der Waals surface area contributed by atoms with Gasteiger partial charge in [-0.05, 0) is 46.1 Å². The van der Waals surface area contributed by atoms with Gasteiger partial charge in [0.1, 0.15) is 5.75 Å². The van der Waals surface area contributed by atoms with Crippen LogP contribution in [0.3, 0.4) is 0 Å². The molecular formula is C21H34N4O4. The van der Waals surface area contributed by atoms with Crippen LogP contribution in [-0.4, -0.2) is 104 Å². The fraction of sp³-hybridized carbons (Fsp3) is 0.619. The third kappa shape index (κ3) is 6.61. The molecule has 8 nitrogen and oxygen atoms in total. The molecule has 0 saturated carbocycles. The van der Waals surface area contributed by atoms with Crippen molar-refractivity contribution in [1.82, 2.24) is 14.7 Å². The molecule has 1 aromatic carbocycles. The van der Waals surface area contributed by atoms with Gasteiger partial charge in [0.2, 0.25) is 5.91 Å². The number of hydrogen-bond acceptors (Lipinski definition) is 6. The number of rotatable bonds is 3. The fourth-order valence-electron chi connectivity index (χ4n) is 4.14. The second-order valence-electron chi connectivity index (χ2n) is 8.05. The summed E-state index contributed by atoms with van der Waals surface area (Å²) in [4.78, 5) is 30.3. The maximum atomic E-state index is 13.1. The van der Waals surface area contributed by atoms with E-state index in [1.165, 1.54) is 0 Å². The Morgan fingerprint density at radius 2 is 1.79 bits per heavy atom. The summed E-state index contributed by atoms with van der Waals surface area (Å²) in [6.07, 6.45) is 2.05. The van der Waals surface area contributed by atoms with Crippen LogP contribution in [0.25, 0.3) is 0 Å². The van der Waals surface area contributed by atoms with E-state index in [0.29, 0.717) is 11.9 Å². The lowest BCUT2D eigenvalue weighted by molar-refractivity contribution is -0.136. The maximum absolute atomic E-state index is 13.1. The molecule has 0 aliphatic carbocycles. The van der Waals surface area contributed by atoms with E-state index >= 15 is 0 Å². The summed E-state index contributed by atoms with van der Waals surface area (Å²) >= 11 is 0. The zero-order chi connectivity index (χ0) is 21.4. The number of carboxylic acid groups (broad SMARTS) is 1. The number of aromatic hydroxyl groups is 1. The number of carbonyl (C=O) groups is 2. The third-order valence-corrected chi connectivity index (χ3v) is 5.77. The lowest BCUT2D eigenvalue weighted by Crippen LogP contribution is -2.51. The molecule has 3 rings (SSSR count). The van der Waals surface area contributed by atoms with Gasteiger partial charge in [0.25, 0.3) is 6.47 Å². The van der Waals surface area contributed by atoms with Gasteiger partial charge in [0.05, 0.1) is 5.92 Å². The monoisotopic (exact) mass is 406 g/mol. The van der Waals surface area contributed by atoms with Gasteiger partial charge < -0.3 is 29.8 Å². The summed E-state index contributed by atoms with van der Waals surface area (Å²) in [7, 11) is 6.38. The molecule has 0 unspecified atom stereocenters. The zero-order valence-electron chi connectivity index (χ0n) is 17.7. The van der Waals surface area contributed by atoms with Crippen molar-refractivity contribution in [2.75, 3.05) is 65.3 Å². The van der Waals surface area contributed by atoms with Crippen LogP contribution in [0.15, 0.2) is 24.3 Å². The van der Waals surface area contributed by atoms with Crippen LogP contribution < -0.4 is 4.90 Å². The predicted molar refractivity (Wildman–Crippen MR) is 113 cm³/mol. The number of likely N-dealkylation sites (tertiary alicyclic amines) is 1. The molecule has 8 heteroatoms. The second kappa shape index (κ2) is 11.0. The first-order valence-electron chi connectivity index (χ1n) is 10.1. The Morgan fingerprint density at radius 3 is 2.38 bits per heavy atom. The smallest absolute Gasteiger partial charge is 0.290 e. The van der Waals surface area contributed by atoms with Crippen LogP contribution in [0.2, 0.25) is 0 Å². The van der Waals surface area contributed by atoms with E-state index in [4.69, 9.17) is 9.90 Å². The minimum Gasteiger partial charge on any atom is -0.508 e. The Labute approximate surface area is 173 Å². The average molecular weight is 407 g/mol. The number of anilines is 1. The Morgan fingerprint density at radius 1 is 1.14 bits per heavy atom. The molecule has 2 fully saturated rings. The SMILES string of the molecule is CN1C[C@H](C(=O)N2CCN(c3cccc(O)c3)CC2)CC[C@H](N(C)C)C1.O=CO. The molecule has 0 radical (unpaired) electrons. The quantitative estimate of drug-likeness (QED) is 0.725. The second-order valence-corrected chi connectivity index (χ2v) is 8.05. The summed E-state index contributed by atoms with van der Waals surface area (Å²) in [5, 5.41) is 16.6. The number of phenols is 1. The highest BCUT2D eigenvalue weighted by Gasteiger charge is 2.31. The maximum Gasteiger partial charge on any atom is 0.290 e. The molecular weight excluding hydrogens is 372 g/mol.